The quantitative estimate of drug-likeness (QED) is 0.818. The van der Waals surface area contributed by atoms with Crippen LogP contribution in [-0.2, 0) is 0 Å². The van der Waals surface area contributed by atoms with Crippen molar-refractivity contribution in [3.8, 4) is 5.75 Å². The van der Waals surface area contributed by atoms with Crippen molar-refractivity contribution >= 4 is 21.6 Å². The largest absolute Gasteiger partial charge is 0.507 e. The number of anilines is 1. The summed E-state index contributed by atoms with van der Waals surface area (Å²) in [5, 5.41) is 13.3. The summed E-state index contributed by atoms with van der Waals surface area (Å²) in [5.41, 5.74) is 3.52. The molecule has 0 saturated carbocycles. The van der Waals surface area contributed by atoms with Gasteiger partial charge >= 0.3 is 0 Å². The van der Waals surface area contributed by atoms with E-state index in [0.29, 0.717) is 10.2 Å². The molecule has 0 spiro atoms. The van der Waals surface area contributed by atoms with Gasteiger partial charge in [-0.2, -0.15) is 0 Å². The van der Waals surface area contributed by atoms with E-state index in [-0.39, 0.29) is 11.9 Å². The summed E-state index contributed by atoms with van der Waals surface area (Å²) < 4.78 is 13.7. The minimum absolute atomic E-state index is 0.00714. The minimum atomic E-state index is -0.273. The molecule has 2 aromatic rings. The lowest BCUT2D eigenvalue weighted by Gasteiger charge is -2.19. The first-order valence-corrected chi connectivity index (χ1v) is 7.20. The Hall–Kier alpha value is -1.55. The highest BCUT2D eigenvalue weighted by atomic mass is 79.9. The van der Waals surface area contributed by atoms with Crippen molar-refractivity contribution in [3.63, 3.8) is 0 Å². The molecule has 0 aromatic heterocycles. The zero-order chi connectivity index (χ0) is 14.9. The second-order valence-corrected chi connectivity index (χ2v) is 5.80. The lowest BCUT2D eigenvalue weighted by Crippen LogP contribution is -2.08. The Bertz CT molecular complexity index is 643. The molecule has 0 aliphatic heterocycles. The maximum atomic E-state index is 13.3. The second-order valence-electron chi connectivity index (χ2n) is 4.94. The Morgan fingerprint density at radius 3 is 2.55 bits per heavy atom. The van der Waals surface area contributed by atoms with Gasteiger partial charge in [0, 0.05) is 17.3 Å². The summed E-state index contributed by atoms with van der Waals surface area (Å²) in [5.74, 6) is 0.0348. The van der Waals surface area contributed by atoms with Crippen LogP contribution in [0.25, 0.3) is 0 Å². The average Bonchev–Trinajstić information content (AvgIpc) is 2.42. The topological polar surface area (TPSA) is 32.3 Å². The van der Waals surface area contributed by atoms with E-state index >= 15 is 0 Å². The molecule has 0 bridgehead atoms. The molecule has 0 radical (unpaired) electrons. The van der Waals surface area contributed by atoms with Crippen LogP contribution in [0.1, 0.15) is 29.7 Å². The highest BCUT2D eigenvalue weighted by Gasteiger charge is 2.11. The van der Waals surface area contributed by atoms with Crippen LogP contribution in [0.5, 0.6) is 5.75 Å². The summed E-state index contributed by atoms with van der Waals surface area (Å²) in [7, 11) is 0. The van der Waals surface area contributed by atoms with Crippen LogP contribution in [0.2, 0.25) is 0 Å². The van der Waals surface area contributed by atoms with Crippen LogP contribution in [0, 0.1) is 19.7 Å². The van der Waals surface area contributed by atoms with E-state index < -0.39 is 0 Å². The Labute approximate surface area is 126 Å². The van der Waals surface area contributed by atoms with Gasteiger partial charge in [0.2, 0.25) is 0 Å². The SMILES string of the molecule is Cc1ccc(NC(C)c2ccc(F)c(Br)c2)c(C)c1O. The van der Waals surface area contributed by atoms with Crippen molar-refractivity contribution in [2.45, 2.75) is 26.8 Å². The van der Waals surface area contributed by atoms with Crippen LogP contribution >= 0.6 is 15.9 Å². The number of aryl methyl sites for hydroxylation is 1. The van der Waals surface area contributed by atoms with Gasteiger partial charge in [0.25, 0.3) is 0 Å². The first-order chi connectivity index (χ1) is 9.40. The van der Waals surface area contributed by atoms with Gasteiger partial charge in [-0.3, -0.25) is 0 Å². The van der Waals surface area contributed by atoms with Crippen LogP contribution in [0.15, 0.2) is 34.8 Å². The maximum absolute atomic E-state index is 13.3. The summed E-state index contributed by atoms with van der Waals surface area (Å²) in [6, 6.07) is 8.78. The normalized spacial score (nSPS) is 12.2. The molecule has 2 nitrogen and oxygen atoms in total. The van der Waals surface area contributed by atoms with E-state index in [4.69, 9.17) is 0 Å². The first-order valence-electron chi connectivity index (χ1n) is 6.40. The molecule has 106 valence electrons. The number of rotatable bonds is 3. The number of phenolic OH excluding ortho intramolecular Hbond substituents is 1. The van der Waals surface area contributed by atoms with Crippen LogP contribution in [-0.4, -0.2) is 5.11 Å². The van der Waals surface area contributed by atoms with Crippen molar-refractivity contribution < 1.29 is 9.50 Å². The minimum Gasteiger partial charge on any atom is -0.507 e. The number of phenols is 1. The predicted molar refractivity (Wildman–Crippen MR) is 83.7 cm³/mol. The van der Waals surface area contributed by atoms with E-state index in [1.54, 1.807) is 12.1 Å². The molecule has 0 heterocycles. The smallest absolute Gasteiger partial charge is 0.137 e. The fourth-order valence-electron chi connectivity index (χ4n) is 2.09. The monoisotopic (exact) mass is 337 g/mol. The zero-order valence-corrected chi connectivity index (χ0v) is 13.3. The predicted octanol–water partition coefficient (Wildman–Crippen LogP) is 5.08. The maximum Gasteiger partial charge on any atom is 0.137 e. The molecule has 2 aromatic carbocycles. The van der Waals surface area contributed by atoms with E-state index in [1.807, 2.05) is 32.9 Å². The molecule has 0 saturated heterocycles. The van der Waals surface area contributed by atoms with Crippen molar-refractivity contribution in [2.75, 3.05) is 5.32 Å². The Morgan fingerprint density at radius 1 is 1.20 bits per heavy atom. The molecule has 1 unspecified atom stereocenters. The highest BCUT2D eigenvalue weighted by Crippen LogP contribution is 2.31. The van der Waals surface area contributed by atoms with E-state index in [1.165, 1.54) is 6.07 Å². The van der Waals surface area contributed by atoms with Crippen molar-refractivity contribution in [1.29, 1.82) is 0 Å². The Balaban J connectivity index is 2.25. The molecular formula is C16H17BrFNO. The molecule has 0 fully saturated rings. The highest BCUT2D eigenvalue weighted by molar-refractivity contribution is 9.10. The third-order valence-corrected chi connectivity index (χ3v) is 4.06. The van der Waals surface area contributed by atoms with Gasteiger partial charge < -0.3 is 10.4 Å². The summed E-state index contributed by atoms with van der Waals surface area (Å²) >= 11 is 3.19. The zero-order valence-electron chi connectivity index (χ0n) is 11.7. The van der Waals surface area contributed by atoms with Crippen LogP contribution in [0.3, 0.4) is 0 Å². The van der Waals surface area contributed by atoms with E-state index in [9.17, 15) is 9.50 Å². The first kappa shape index (κ1) is 14.9. The number of benzene rings is 2. The molecule has 2 N–H and O–H groups in total. The van der Waals surface area contributed by atoms with Crippen molar-refractivity contribution in [1.82, 2.24) is 0 Å². The lowest BCUT2D eigenvalue weighted by molar-refractivity contribution is 0.467. The molecule has 0 amide bonds. The van der Waals surface area contributed by atoms with Gasteiger partial charge in [0.1, 0.15) is 11.6 Å². The summed E-state index contributed by atoms with van der Waals surface area (Å²) in [6.07, 6.45) is 0. The number of nitrogens with one attached hydrogen (secondary N) is 1. The number of aromatic hydroxyl groups is 1. The van der Waals surface area contributed by atoms with Gasteiger partial charge in [0.15, 0.2) is 0 Å². The Kier molecular flexibility index (Phi) is 4.33. The molecule has 1 atom stereocenters. The third-order valence-electron chi connectivity index (χ3n) is 3.45. The van der Waals surface area contributed by atoms with Crippen LogP contribution < -0.4 is 5.32 Å². The van der Waals surface area contributed by atoms with Gasteiger partial charge in [-0.25, -0.2) is 4.39 Å². The van der Waals surface area contributed by atoms with Crippen LogP contribution in [0.4, 0.5) is 10.1 Å². The molecule has 0 aliphatic rings. The number of hydrogen-bond donors (Lipinski definition) is 2. The fraction of sp³-hybridized carbons (Fsp3) is 0.250. The van der Waals surface area contributed by atoms with Crippen molar-refractivity contribution in [3.05, 3.63) is 57.3 Å². The Morgan fingerprint density at radius 2 is 1.90 bits per heavy atom. The van der Waals surface area contributed by atoms with Gasteiger partial charge in [-0.1, -0.05) is 12.1 Å². The van der Waals surface area contributed by atoms with Gasteiger partial charge in [0.05, 0.1) is 4.47 Å². The summed E-state index contributed by atoms with van der Waals surface area (Å²) in [6.45, 7) is 5.74. The molecule has 2 rings (SSSR count). The van der Waals surface area contributed by atoms with Gasteiger partial charge in [-0.05, 0) is 66.0 Å². The lowest BCUT2D eigenvalue weighted by atomic mass is 10.1. The molecule has 4 heteroatoms. The van der Waals surface area contributed by atoms with Gasteiger partial charge in [-0.15, -0.1) is 0 Å². The molecular weight excluding hydrogens is 321 g/mol. The second kappa shape index (κ2) is 5.83. The van der Waals surface area contributed by atoms with Crippen molar-refractivity contribution in [2.24, 2.45) is 0 Å². The third kappa shape index (κ3) is 2.96. The molecule has 0 aliphatic carbocycles. The van der Waals surface area contributed by atoms with E-state index in [2.05, 4.69) is 21.2 Å². The number of halogens is 2. The van der Waals surface area contributed by atoms with E-state index in [0.717, 1.165) is 22.4 Å². The summed E-state index contributed by atoms with van der Waals surface area (Å²) in [4.78, 5) is 0. The fourth-order valence-corrected chi connectivity index (χ4v) is 2.49. The molecule has 20 heavy (non-hydrogen) atoms. The average molecular weight is 338 g/mol. The standard InChI is InChI=1S/C16H17BrFNO/c1-9-4-7-15(10(2)16(9)20)19-11(3)12-5-6-14(18)13(17)8-12/h4-8,11,19-20H,1-3H3. The number of hydrogen-bond acceptors (Lipinski definition) is 2.